The van der Waals surface area contributed by atoms with Crippen molar-refractivity contribution in [1.29, 1.82) is 0 Å². The normalized spacial score (nSPS) is 11.9. The lowest BCUT2D eigenvalue weighted by molar-refractivity contribution is -0.384. The van der Waals surface area contributed by atoms with E-state index in [1.54, 1.807) is 0 Å². The van der Waals surface area contributed by atoms with E-state index in [1.165, 1.54) is 7.05 Å². The van der Waals surface area contributed by atoms with Gasteiger partial charge in [-0.3, -0.25) is 10.1 Å². The Morgan fingerprint density at radius 2 is 1.96 bits per heavy atom. The Balaban J connectivity index is 2.75. The second-order valence-electron chi connectivity index (χ2n) is 4.16. The fraction of sp³-hybridized carbons (Fsp3) is 0.455. The number of esters is 1. The van der Waals surface area contributed by atoms with Crippen molar-refractivity contribution in [2.75, 3.05) is 19.0 Å². The number of hydrogen-bond donors (Lipinski definition) is 1. The van der Waals surface area contributed by atoms with E-state index in [0.29, 0.717) is 0 Å². The van der Waals surface area contributed by atoms with Gasteiger partial charge in [0.1, 0.15) is 0 Å². The Morgan fingerprint density at radius 3 is 2.43 bits per heavy atom. The van der Waals surface area contributed by atoms with Gasteiger partial charge in [-0.2, -0.15) is 22.0 Å². The molecule has 0 saturated heterocycles. The third-order valence-corrected chi connectivity index (χ3v) is 2.58. The fourth-order valence-electron chi connectivity index (χ4n) is 1.38. The molecular weight excluding hydrogens is 333 g/mol. The van der Waals surface area contributed by atoms with E-state index in [-0.39, 0.29) is 5.82 Å². The highest BCUT2D eigenvalue weighted by Gasteiger charge is 2.56. The van der Waals surface area contributed by atoms with Crippen LogP contribution in [-0.2, 0) is 4.74 Å². The zero-order valence-electron chi connectivity index (χ0n) is 11.5. The van der Waals surface area contributed by atoms with E-state index in [9.17, 15) is 36.9 Å². The van der Waals surface area contributed by atoms with Gasteiger partial charge in [-0.05, 0) is 6.07 Å². The number of alkyl halides is 5. The van der Waals surface area contributed by atoms with Gasteiger partial charge in [0.05, 0.1) is 18.0 Å². The molecule has 0 bridgehead atoms. The zero-order valence-corrected chi connectivity index (χ0v) is 11.5. The number of nitro groups is 1. The van der Waals surface area contributed by atoms with Gasteiger partial charge < -0.3 is 10.1 Å². The summed E-state index contributed by atoms with van der Waals surface area (Å²) in [7, 11) is 1.29. The van der Waals surface area contributed by atoms with Crippen molar-refractivity contribution < 1.29 is 36.4 Å². The van der Waals surface area contributed by atoms with Gasteiger partial charge in [-0.15, -0.1) is 0 Å². The summed E-state index contributed by atoms with van der Waals surface area (Å²) < 4.78 is 65.3. The third kappa shape index (κ3) is 4.47. The monoisotopic (exact) mass is 343 g/mol. The molecule has 1 aromatic heterocycles. The molecule has 0 fully saturated rings. The molecule has 7 nitrogen and oxygen atoms in total. The lowest BCUT2D eigenvalue weighted by Crippen LogP contribution is -2.37. The number of aromatic nitrogens is 1. The first-order chi connectivity index (χ1) is 10.5. The highest BCUT2D eigenvalue weighted by molar-refractivity contribution is 5.88. The van der Waals surface area contributed by atoms with Crippen LogP contribution in [0.1, 0.15) is 16.9 Å². The topological polar surface area (TPSA) is 94.4 Å². The van der Waals surface area contributed by atoms with Crippen LogP contribution in [0, 0.1) is 10.1 Å². The molecule has 0 amide bonds. The first kappa shape index (κ1) is 18.5. The number of nitrogens with one attached hydrogen (secondary N) is 1. The first-order valence-corrected chi connectivity index (χ1v) is 5.94. The van der Waals surface area contributed by atoms with E-state index in [2.05, 4.69) is 15.0 Å². The number of halogens is 5. The highest BCUT2D eigenvalue weighted by atomic mass is 19.4. The van der Waals surface area contributed by atoms with Crippen LogP contribution in [0.4, 0.5) is 33.5 Å². The van der Waals surface area contributed by atoms with Gasteiger partial charge in [0.25, 0.3) is 0 Å². The molecule has 1 aromatic rings. The summed E-state index contributed by atoms with van der Waals surface area (Å²) in [4.78, 5) is 24.9. The van der Waals surface area contributed by atoms with Gasteiger partial charge in [-0.1, -0.05) is 0 Å². The van der Waals surface area contributed by atoms with Crippen molar-refractivity contribution in [3.05, 3.63) is 27.9 Å². The second kappa shape index (κ2) is 6.71. The molecule has 1 rings (SSSR count). The second-order valence-corrected chi connectivity index (χ2v) is 4.16. The summed E-state index contributed by atoms with van der Waals surface area (Å²) in [5.74, 6) is -6.56. The minimum atomic E-state index is -5.75. The summed E-state index contributed by atoms with van der Waals surface area (Å²) in [5.41, 5.74) is -0.928. The average Bonchev–Trinajstić information content (AvgIpc) is 2.44. The average molecular weight is 343 g/mol. The number of anilines is 1. The van der Waals surface area contributed by atoms with Crippen molar-refractivity contribution in [3.63, 3.8) is 0 Å². The number of carbonyl (C=O) groups excluding carboxylic acids is 1. The molecule has 0 aliphatic heterocycles. The van der Waals surface area contributed by atoms with E-state index < -0.39 is 47.4 Å². The van der Waals surface area contributed by atoms with Gasteiger partial charge in [0, 0.05) is 13.1 Å². The summed E-state index contributed by atoms with van der Waals surface area (Å²) in [6.45, 7) is -1.20. The molecule has 0 aliphatic carbocycles. The molecule has 0 atom stereocenters. The smallest absolute Gasteiger partial charge is 0.453 e. The number of carbonyl (C=O) groups is 1. The number of rotatable bonds is 6. The lowest BCUT2D eigenvalue weighted by atomic mass is 10.2. The highest BCUT2D eigenvalue weighted by Crippen LogP contribution is 2.37. The lowest BCUT2D eigenvalue weighted by Gasteiger charge is -2.19. The van der Waals surface area contributed by atoms with E-state index >= 15 is 0 Å². The number of hydrogen-bond acceptors (Lipinski definition) is 6. The molecule has 0 radical (unpaired) electrons. The van der Waals surface area contributed by atoms with Crippen molar-refractivity contribution in [2.45, 2.75) is 18.5 Å². The molecule has 1 N–H and O–H groups in total. The van der Waals surface area contributed by atoms with Gasteiger partial charge in [0.2, 0.25) is 5.82 Å². The Morgan fingerprint density at radius 1 is 1.35 bits per heavy atom. The van der Waals surface area contributed by atoms with Gasteiger partial charge in [-0.25, -0.2) is 9.78 Å². The number of ether oxygens (including phenoxy) is 1. The minimum absolute atomic E-state index is 0.287. The van der Waals surface area contributed by atoms with Crippen LogP contribution < -0.4 is 5.32 Å². The van der Waals surface area contributed by atoms with Crippen LogP contribution in [0.3, 0.4) is 0 Å². The van der Waals surface area contributed by atoms with Crippen molar-refractivity contribution in [2.24, 2.45) is 0 Å². The zero-order chi connectivity index (χ0) is 17.8. The third-order valence-electron chi connectivity index (χ3n) is 2.58. The predicted octanol–water partition coefficient (Wildman–Crippen LogP) is 2.78. The van der Waals surface area contributed by atoms with E-state index in [0.717, 1.165) is 12.1 Å². The van der Waals surface area contributed by atoms with Crippen molar-refractivity contribution >= 4 is 17.5 Å². The molecule has 1 heterocycles. The molecular formula is C11H10F5N3O4. The molecule has 128 valence electrons. The maximum Gasteiger partial charge on any atom is 0.453 e. The maximum absolute atomic E-state index is 12.6. The first-order valence-electron chi connectivity index (χ1n) is 5.94. The summed E-state index contributed by atoms with van der Waals surface area (Å²) in [5, 5.41) is 13.0. The van der Waals surface area contributed by atoms with Gasteiger partial charge in [0.15, 0.2) is 5.69 Å². The Labute approximate surface area is 125 Å². The van der Waals surface area contributed by atoms with Crippen LogP contribution in [0.25, 0.3) is 0 Å². The van der Waals surface area contributed by atoms with E-state index in [1.807, 2.05) is 0 Å². The molecule has 0 aromatic carbocycles. The van der Waals surface area contributed by atoms with Gasteiger partial charge >= 0.3 is 23.8 Å². The van der Waals surface area contributed by atoms with Crippen LogP contribution in [-0.4, -0.2) is 41.6 Å². The number of nitrogens with zero attached hydrogens (tertiary/aromatic N) is 2. The molecule has 0 aliphatic rings. The summed E-state index contributed by atoms with van der Waals surface area (Å²) >= 11 is 0. The predicted molar refractivity (Wildman–Crippen MR) is 66.3 cm³/mol. The Kier molecular flexibility index (Phi) is 5.40. The standard InChI is InChI=1S/C11H10F5N3O4/c1-17-8-7(19(21)22)3-2-6(18-8)9(20)23-5-4-10(12,13)11(14,15)16/h2-3H,4-5H2,1H3,(H,17,18). The fourth-order valence-corrected chi connectivity index (χ4v) is 1.38. The summed E-state index contributed by atoms with van der Waals surface area (Å²) in [6.07, 6.45) is -7.49. The van der Waals surface area contributed by atoms with Crippen LogP contribution in [0.5, 0.6) is 0 Å². The number of pyridine rings is 1. The molecule has 12 heteroatoms. The SMILES string of the molecule is CNc1nc(C(=O)OCCC(F)(F)C(F)(F)F)ccc1[N+](=O)[O-]. The molecule has 0 spiro atoms. The molecule has 0 saturated carbocycles. The van der Waals surface area contributed by atoms with E-state index in [4.69, 9.17) is 0 Å². The van der Waals surface area contributed by atoms with Crippen molar-refractivity contribution in [1.82, 2.24) is 4.98 Å². The summed E-state index contributed by atoms with van der Waals surface area (Å²) in [6, 6.07) is 1.81. The van der Waals surface area contributed by atoms with Crippen LogP contribution in [0.2, 0.25) is 0 Å². The Hall–Kier alpha value is -2.53. The molecule has 0 unspecified atom stereocenters. The van der Waals surface area contributed by atoms with Crippen LogP contribution in [0.15, 0.2) is 12.1 Å². The van der Waals surface area contributed by atoms with Crippen LogP contribution >= 0.6 is 0 Å². The maximum atomic E-state index is 12.6. The minimum Gasteiger partial charge on any atom is -0.461 e. The quantitative estimate of drug-likeness (QED) is 0.369. The van der Waals surface area contributed by atoms with Crippen molar-refractivity contribution in [3.8, 4) is 0 Å². The molecule has 23 heavy (non-hydrogen) atoms. The Bertz CT molecular complexity index is 606. The largest absolute Gasteiger partial charge is 0.461 e.